The molecule has 0 radical (unpaired) electrons. The van der Waals surface area contributed by atoms with E-state index >= 15 is 0 Å². The highest BCUT2D eigenvalue weighted by Gasteiger charge is 2.16. The summed E-state index contributed by atoms with van der Waals surface area (Å²) in [5.41, 5.74) is 2.26. The molecule has 0 nitrogen and oxygen atoms in total. The third-order valence-corrected chi connectivity index (χ3v) is 4.00. The average molecular weight is 346 g/mol. The molecule has 0 aromatic heterocycles. The molecule has 100 valence electrons. The van der Waals surface area contributed by atoms with Crippen molar-refractivity contribution in [2.45, 2.75) is 18.7 Å². The first kappa shape index (κ1) is 14.5. The predicted octanol–water partition coefficient (Wildman–Crippen LogP) is 5.56. The van der Waals surface area contributed by atoms with Crippen molar-refractivity contribution in [3.8, 4) is 0 Å². The van der Waals surface area contributed by atoms with Crippen LogP contribution in [0.4, 0.5) is 8.78 Å². The number of alkyl halides is 1. The average Bonchev–Trinajstić information content (AvgIpc) is 2.34. The van der Waals surface area contributed by atoms with Gasteiger partial charge in [-0.3, -0.25) is 0 Å². The zero-order valence-corrected chi connectivity index (χ0v) is 12.6. The summed E-state index contributed by atoms with van der Waals surface area (Å²) in [5, 5.41) is -0.411. The van der Waals surface area contributed by atoms with Crippen LogP contribution in [0.15, 0.2) is 40.9 Å². The van der Waals surface area contributed by atoms with Gasteiger partial charge < -0.3 is 0 Å². The van der Waals surface area contributed by atoms with Gasteiger partial charge in [0, 0.05) is 4.47 Å². The number of hydrogen-bond acceptors (Lipinski definition) is 0. The maximum Gasteiger partial charge on any atom is 0.162 e. The second-order valence-electron chi connectivity index (χ2n) is 4.41. The lowest BCUT2D eigenvalue weighted by Crippen LogP contribution is -2.01. The highest BCUT2D eigenvalue weighted by atomic mass is 79.9. The molecule has 0 saturated heterocycles. The maximum absolute atomic E-state index is 13.6. The van der Waals surface area contributed by atoms with E-state index in [4.69, 9.17) is 11.6 Å². The van der Waals surface area contributed by atoms with Gasteiger partial charge in [0.05, 0.1) is 5.38 Å². The molecule has 2 rings (SSSR count). The summed E-state index contributed by atoms with van der Waals surface area (Å²) in [6.07, 6.45) is 0.243. The Bertz CT molecular complexity index is 599. The summed E-state index contributed by atoms with van der Waals surface area (Å²) in [6, 6.07) is 9.93. The molecule has 0 N–H and O–H groups in total. The van der Waals surface area contributed by atoms with Crippen LogP contribution < -0.4 is 0 Å². The first-order valence-electron chi connectivity index (χ1n) is 5.82. The van der Waals surface area contributed by atoms with E-state index in [1.807, 2.05) is 25.1 Å². The van der Waals surface area contributed by atoms with E-state index in [0.29, 0.717) is 0 Å². The monoisotopic (exact) mass is 344 g/mol. The predicted molar refractivity (Wildman–Crippen MR) is 77.5 cm³/mol. The van der Waals surface area contributed by atoms with Gasteiger partial charge in [0.1, 0.15) is 0 Å². The van der Waals surface area contributed by atoms with E-state index in [2.05, 4.69) is 15.9 Å². The van der Waals surface area contributed by atoms with Crippen LogP contribution in [0.3, 0.4) is 0 Å². The number of benzene rings is 2. The zero-order chi connectivity index (χ0) is 14.0. The van der Waals surface area contributed by atoms with Crippen LogP contribution in [0, 0.1) is 18.6 Å². The van der Waals surface area contributed by atoms with Gasteiger partial charge in [-0.05, 0) is 42.2 Å². The molecule has 0 spiro atoms. The van der Waals surface area contributed by atoms with E-state index in [9.17, 15) is 8.78 Å². The van der Waals surface area contributed by atoms with Crippen molar-refractivity contribution in [2.75, 3.05) is 0 Å². The minimum Gasteiger partial charge on any atom is -0.204 e. The summed E-state index contributed by atoms with van der Waals surface area (Å²) in [5.74, 6) is -1.67. The van der Waals surface area contributed by atoms with Gasteiger partial charge in [-0.2, -0.15) is 0 Å². The lowest BCUT2D eigenvalue weighted by Gasteiger charge is -2.13. The van der Waals surface area contributed by atoms with Gasteiger partial charge >= 0.3 is 0 Å². The van der Waals surface area contributed by atoms with E-state index < -0.39 is 17.0 Å². The van der Waals surface area contributed by atoms with Crippen molar-refractivity contribution < 1.29 is 8.78 Å². The highest BCUT2D eigenvalue weighted by Crippen LogP contribution is 2.32. The Hall–Kier alpha value is -0.930. The van der Waals surface area contributed by atoms with Crippen LogP contribution in [0.1, 0.15) is 22.1 Å². The molecule has 0 aliphatic carbocycles. The largest absolute Gasteiger partial charge is 0.204 e. The molecular weight excluding hydrogens is 334 g/mol. The normalized spacial score (nSPS) is 12.5. The van der Waals surface area contributed by atoms with Crippen molar-refractivity contribution in [2.24, 2.45) is 0 Å². The number of hydrogen-bond donors (Lipinski definition) is 0. The quantitative estimate of drug-likeness (QED) is 0.639. The molecule has 0 aliphatic heterocycles. The van der Waals surface area contributed by atoms with Gasteiger partial charge in [-0.15, -0.1) is 11.6 Å². The molecular formula is C15H12BrClF2. The van der Waals surface area contributed by atoms with Gasteiger partial charge in [0.25, 0.3) is 0 Å². The topological polar surface area (TPSA) is 0 Å². The van der Waals surface area contributed by atoms with Crippen molar-refractivity contribution in [3.63, 3.8) is 0 Å². The summed E-state index contributed by atoms with van der Waals surface area (Å²) < 4.78 is 27.6. The first-order chi connectivity index (χ1) is 8.99. The van der Waals surface area contributed by atoms with Gasteiger partial charge in [-0.1, -0.05) is 40.2 Å². The summed E-state index contributed by atoms with van der Waals surface area (Å²) >= 11 is 9.75. The van der Waals surface area contributed by atoms with Gasteiger partial charge in [0.15, 0.2) is 11.6 Å². The van der Waals surface area contributed by atoms with Crippen molar-refractivity contribution >= 4 is 27.5 Å². The minimum atomic E-state index is -0.843. The Labute approximate surface area is 124 Å². The lowest BCUT2D eigenvalue weighted by molar-refractivity contribution is 0.498. The Morgan fingerprint density at radius 1 is 1.21 bits per heavy atom. The molecule has 4 heteroatoms. The van der Waals surface area contributed by atoms with Gasteiger partial charge in [0.2, 0.25) is 0 Å². The van der Waals surface area contributed by atoms with Crippen LogP contribution in [-0.4, -0.2) is 0 Å². The molecule has 1 unspecified atom stereocenters. The first-order valence-corrected chi connectivity index (χ1v) is 7.05. The Kier molecular flexibility index (Phi) is 4.58. The molecule has 2 aromatic rings. The summed E-state index contributed by atoms with van der Waals surface area (Å²) in [6.45, 7) is 1.98. The van der Waals surface area contributed by atoms with E-state index in [0.717, 1.165) is 21.7 Å². The van der Waals surface area contributed by atoms with Crippen molar-refractivity contribution in [1.29, 1.82) is 0 Å². The molecule has 0 fully saturated rings. The Morgan fingerprint density at radius 3 is 2.63 bits per heavy atom. The van der Waals surface area contributed by atoms with Crippen LogP contribution in [0.25, 0.3) is 0 Å². The van der Waals surface area contributed by atoms with Crippen molar-refractivity contribution in [1.82, 2.24) is 0 Å². The van der Waals surface area contributed by atoms with E-state index in [1.165, 1.54) is 6.07 Å². The molecule has 19 heavy (non-hydrogen) atoms. The van der Waals surface area contributed by atoms with Crippen LogP contribution in [-0.2, 0) is 6.42 Å². The number of rotatable bonds is 3. The molecule has 0 aliphatic rings. The number of aryl methyl sites for hydroxylation is 1. The Morgan fingerprint density at radius 2 is 1.95 bits per heavy atom. The standard InChI is InChI=1S/C15H12BrClF2/c1-9-5-6-11(12(16)7-9)13(17)8-10-3-2-4-14(18)15(10)19/h2-7,13H,8H2,1H3. The fourth-order valence-corrected chi connectivity index (χ4v) is 3.15. The van der Waals surface area contributed by atoms with Crippen LogP contribution in [0.2, 0.25) is 0 Å². The second-order valence-corrected chi connectivity index (χ2v) is 5.79. The third kappa shape index (κ3) is 3.34. The third-order valence-electron chi connectivity index (χ3n) is 2.92. The molecule has 0 heterocycles. The molecule has 0 saturated carbocycles. The van der Waals surface area contributed by atoms with E-state index in [-0.39, 0.29) is 12.0 Å². The lowest BCUT2D eigenvalue weighted by atomic mass is 10.0. The van der Waals surface area contributed by atoms with Gasteiger partial charge in [-0.25, -0.2) is 8.78 Å². The van der Waals surface area contributed by atoms with Crippen molar-refractivity contribution in [3.05, 3.63) is 69.2 Å². The summed E-state index contributed by atoms with van der Waals surface area (Å²) in [7, 11) is 0. The fraction of sp³-hybridized carbons (Fsp3) is 0.200. The highest BCUT2D eigenvalue weighted by molar-refractivity contribution is 9.10. The molecule has 2 aromatic carbocycles. The minimum absolute atomic E-state index is 0.243. The van der Waals surface area contributed by atoms with Crippen LogP contribution >= 0.6 is 27.5 Å². The molecule has 0 bridgehead atoms. The van der Waals surface area contributed by atoms with E-state index in [1.54, 1.807) is 6.07 Å². The SMILES string of the molecule is Cc1ccc(C(Cl)Cc2cccc(F)c2F)c(Br)c1. The zero-order valence-electron chi connectivity index (χ0n) is 10.3. The smallest absolute Gasteiger partial charge is 0.162 e. The fourth-order valence-electron chi connectivity index (χ4n) is 1.90. The second kappa shape index (κ2) is 6.02. The molecule has 1 atom stereocenters. The maximum atomic E-state index is 13.6. The summed E-state index contributed by atoms with van der Waals surface area (Å²) in [4.78, 5) is 0. The molecule has 0 amide bonds. The van der Waals surface area contributed by atoms with Crippen LogP contribution in [0.5, 0.6) is 0 Å². The Balaban J connectivity index is 2.25. The number of halogens is 4.